The number of thiazole rings is 1. The Morgan fingerprint density at radius 2 is 2.25 bits per heavy atom. The average Bonchev–Trinajstić information content (AvgIpc) is 3.11. The van der Waals surface area contributed by atoms with E-state index in [-0.39, 0.29) is 0 Å². The van der Waals surface area contributed by atoms with Gasteiger partial charge in [0.1, 0.15) is 0 Å². The highest BCUT2D eigenvalue weighted by atomic mass is 32.1. The molecule has 2 aromatic rings. The predicted molar refractivity (Wildman–Crippen MR) is 83.9 cm³/mol. The standard InChI is InChI=1S/C13H19N5S2/c1-9-11(20-8-14-9)7-17(2)12-15-16-13(19)18(12)10-5-3-4-6-10/h8,10H,3-7H2,1-2H3,(H,16,19). The molecule has 0 aliphatic heterocycles. The predicted octanol–water partition coefficient (Wildman–Crippen LogP) is 3.46. The van der Waals surface area contributed by atoms with Crippen molar-refractivity contribution in [2.45, 2.75) is 45.2 Å². The van der Waals surface area contributed by atoms with Crippen LogP contribution in [0, 0.1) is 11.7 Å². The summed E-state index contributed by atoms with van der Waals surface area (Å²) in [7, 11) is 2.07. The second-order valence-corrected chi connectivity index (χ2v) is 6.68. The van der Waals surface area contributed by atoms with Gasteiger partial charge < -0.3 is 4.90 Å². The van der Waals surface area contributed by atoms with E-state index < -0.39 is 0 Å². The number of nitrogens with zero attached hydrogens (tertiary/aromatic N) is 4. The smallest absolute Gasteiger partial charge is 0.226 e. The highest BCUT2D eigenvalue weighted by Crippen LogP contribution is 2.32. The molecule has 108 valence electrons. The molecule has 2 heterocycles. The summed E-state index contributed by atoms with van der Waals surface area (Å²) in [5.41, 5.74) is 3.00. The molecule has 0 spiro atoms. The van der Waals surface area contributed by atoms with Crippen molar-refractivity contribution in [1.29, 1.82) is 0 Å². The van der Waals surface area contributed by atoms with E-state index in [1.807, 2.05) is 12.4 Å². The van der Waals surface area contributed by atoms with Gasteiger partial charge in [-0.05, 0) is 32.0 Å². The number of nitrogens with one attached hydrogen (secondary N) is 1. The zero-order chi connectivity index (χ0) is 14.1. The van der Waals surface area contributed by atoms with Crippen LogP contribution in [-0.2, 0) is 6.54 Å². The molecular weight excluding hydrogens is 290 g/mol. The minimum Gasteiger partial charge on any atom is -0.339 e. The molecule has 20 heavy (non-hydrogen) atoms. The summed E-state index contributed by atoms with van der Waals surface area (Å²) in [5, 5.41) is 7.38. The van der Waals surface area contributed by atoms with E-state index in [4.69, 9.17) is 12.2 Å². The maximum atomic E-state index is 5.41. The quantitative estimate of drug-likeness (QED) is 0.879. The number of hydrogen-bond acceptors (Lipinski definition) is 5. The number of hydrogen-bond donors (Lipinski definition) is 1. The molecule has 7 heteroatoms. The van der Waals surface area contributed by atoms with Crippen molar-refractivity contribution >= 4 is 29.5 Å². The van der Waals surface area contributed by atoms with Crippen molar-refractivity contribution in [1.82, 2.24) is 19.7 Å². The van der Waals surface area contributed by atoms with Gasteiger partial charge in [-0.3, -0.25) is 4.57 Å². The van der Waals surface area contributed by atoms with Gasteiger partial charge in [-0.1, -0.05) is 12.8 Å². The SMILES string of the molecule is Cc1ncsc1CN(C)c1n[nH]c(=S)n1C1CCCC1. The lowest BCUT2D eigenvalue weighted by atomic mass is 10.2. The molecule has 1 aliphatic carbocycles. The molecule has 0 bridgehead atoms. The van der Waals surface area contributed by atoms with Crippen molar-refractivity contribution < 1.29 is 0 Å². The molecule has 0 saturated heterocycles. The first-order valence-corrected chi connectivity index (χ1v) is 8.22. The van der Waals surface area contributed by atoms with Gasteiger partial charge in [-0.15, -0.1) is 16.4 Å². The van der Waals surface area contributed by atoms with Gasteiger partial charge in [-0.25, -0.2) is 10.1 Å². The van der Waals surface area contributed by atoms with Gasteiger partial charge in [-0.2, -0.15) is 0 Å². The summed E-state index contributed by atoms with van der Waals surface area (Å²) in [6.45, 7) is 2.87. The number of aromatic nitrogens is 4. The Kier molecular flexibility index (Phi) is 3.89. The molecule has 0 radical (unpaired) electrons. The van der Waals surface area contributed by atoms with Gasteiger partial charge >= 0.3 is 0 Å². The Bertz CT molecular complexity index is 635. The minimum absolute atomic E-state index is 0.501. The second kappa shape index (κ2) is 5.65. The van der Waals surface area contributed by atoms with Crippen LogP contribution in [0.25, 0.3) is 0 Å². The number of aromatic amines is 1. The average molecular weight is 309 g/mol. The monoisotopic (exact) mass is 309 g/mol. The van der Waals surface area contributed by atoms with Crippen LogP contribution in [0.2, 0.25) is 0 Å². The summed E-state index contributed by atoms with van der Waals surface area (Å²) >= 11 is 7.10. The normalized spacial score (nSPS) is 15.9. The van der Waals surface area contributed by atoms with Gasteiger partial charge in [0.15, 0.2) is 4.77 Å². The topological polar surface area (TPSA) is 49.7 Å². The fraction of sp³-hybridized carbons (Fsp3) is 0.615. The molecule has 5 nitrogen and oxygen atoms in total. The van der Waals surface area contributed by atoms with Crippen molar-refractivity contribution in [2.24, 2.45) is 0 Å². The van der Waals surface area contributed by atoms with E-state index in [9.17, 15) is 0 Å². The fourth-order valence-corrected chi connectivity index (χ4v) is 3.93. The Morgan fingerprint density at radius 1 is 1.50 bits per heavy atom. The maximum Gasteiger partial charge on any atom is 0.226 e. The zero-order valence-electron chi connectivity index (χ0n) is 11.8. The first-order valence-electron chi connectivity index (χ1n) is 6.94. The summed E-state index contributed by atoms with van der Waals surface area (Å²) in [6.07, 6.45) is 4.98. The van der Waals surface area contributed by atoms with Crippen LogP contribution in [0.5, 0.6) is 0 Å². The van der Waals surface area contributed by atoms with E-state index in [0.717, 1.165) is 23.0 Å². The highest BCUT2D eigenvalue weighted by Gasteiger charge is 2.23. The third-order valence-electron chi connectivity index (χ3n) is 3.94. The molecule has 1 N–H and O–H groups in total. The van der Waals surface area contributed by atoms with Gasteiger partial charge in [0, 0.05) is 18.0 Å². The van der Waals surface area contributed by atoms with Gasteiger partial charge in [0.2, 0.25) is 5.95 Å². The molecule has 1 fully saturated rings. The lowest BCUT2D eigenvalue weighted by Crippen LogP contribution is -2.22. The number of rotatable bonds is 4. The van der Waals surface area contributed by atoms with E-state index in [0.29, 0.717) is 6.04 Å². The first-order chi connectivity index (χ1) is 9.66. The van der Waals surface area contributed by atoms with Crippen LogP contribution >= 0.6 is 23.6 Å². The number of aryl methyl sites for hydroxylation is 1. The van der Waals surface area contributed by atoms with E-state index in [1.54, 1.807) is 11.3 Å². The molecule has 3 rings (SSSR count). The second-order valence-electron chi connectivity index (χ2n) is 5.35. The Morgan fingerprint density at radius 3 is 2.90 bits per heavy atom. The molecule has 1 saturated carbocycles. The third-order valence-corrected chi connectivity index (χ3v) is 5.15. The Labute approximate surface area is 127 Å². The molecule has 1 aliphatic rings. The molecule has 0 amide bonds. The molecule has 0 aromatic carbocycles. The van der Waals surface area contributed by atoms with Crippen LogP contribution in [-0.4, -0.2) is 26.8 Å². The highest BCUT2D eigenvalue weighted by molar-refractivity contribution is 7.71. The van der Waals surface area contributed by atoms with Crippen LogP contribution in [0.4, 0.5) is 5.95 Å². The Balaban J connectivity index is 1.86. The first kappa shape index (κ1) is 13.8. The maximum absolute atomic E-state index is 5.41. The minimum atomic E-state index is 0.501. The molecule has 0 atom stereocenters. The Hall–Kier alpha value is -1.21. The van der Waals surface area contributed by atoms with Gasteiger partial charge in [0.05, 0.1) is 17.7 Å². The van der Waals surface area contributed by atoms with Crippen LogP contribution in [0.15, 0.2) is 5.51 Å². The van der Waals surface area contributed by atoms with E-state index in [2.05, 4.69) is 31.7 Å². The molecule has 0 unspecified atom stereocenters. The summed E-state index contributed by atoms with van der Waals surface area (Å²) in [6, 6.07) is 0.501. The van der Waals surface area contributed by atoms with Crippen molar-refractivity contribution in [2.75, 3.05) is 11.9 Å². The van der Waals surface area contributed by atoms with Gasteiger partial charge in [0.25, 0.3) is 0 Å². The summed E-state index contributed by atoms with van der Waals surface area (Å²) < 4.78 is 2.93. The van der Waals surface area contributed by atoms with E-state index in [1.165, 1.54) is 30.6 Å². The van der Waals surface area contributed by atoms with Crippen LogP contribution in [0.1, 0.15) is 42.3 Å². The summed E-state index contributed by atoms with van der Waals surface area (Å²) in [4.78, 5) is 7.74. The van der Waals surface area contributed by atoms with Crippen LogP contribution in [0.3, 0.4) is 0 Å². The lowest BCUT2D eigenvalue weighted by molar-refractivity contribution is 0.509. The molecular formula is C13H19N5S2. The molecule has 2 aromatic heterocycles. The van der Waals surface area contributed by atoms with E-state index >= 15 is 0 Å². The van der Waals surface area contributed by atoms with Crippen LogP contribution < -0.4 is 4.90 Å². The van der Waals surface area contributed by atoms with Crippen molar-refractivity contribution in [3.63, 3.8) is 0 Å². The number of H-pyrrole nitrogens is 1. The van der Waals surface area contributed by atoms with Crippen molar-refractivity contribution in [3.8, 4) is 0 Å². The van der Waals surface area contributed by atoms with Crippen molar-refractivity contribution in [3.05, 3.63) is 20.9 Å². The lowest BCUT2D eigenvalue weighted by Gasteiger charge is -2.21. The fourth-order valence-electron chi connectivity index (χ4n) is 2.82. The third kappa shape index (κ3) is 2.52. The largest absolute Gasteiger partial charge is 0.339 e. The zero-order valence-corrected chi connectivity index (χ0v) is 13.4. The summed E-state index contributed by atoms with van der Waals surface area (Å²) in [5.74, 6) is 0.940. The number of anilines is 1.